The number of nitrogens with one attached hydrogen (secondary N) is 3. The lowest BCUT2D eigenvalue weighted by Gasteiger charge is -2.08. The number of anilines is 1. The molecule has 3 rings (SSSR count). The molecule has 112 valence electrons. The largest absolute Gasteiger partial charge is 0.333 e. The van der Waals surface area contributed by atoms with Crippen LogP contribution in [0.15, 0.2) is 48.8 Å². The minimum absolute atomic E-state index is 0.312. The summed E-state index contributed by atoms with van der Waals surface area (Å²) in [6.45, 7) is 0. The molecule has 0 unspecified atom stereocenters. The quantitative estimate of drug-likeness (QED) is 0.650. The van der Waals surface area contributed by atoms with Crippen LogP contribution in [0.25, 0.3) is 16.7 Å². The molecule has 0 saturated carbocycles. The highest BCUT2D eigenvalue weighted by atomic mass is 19.1. The van der Waals surface area contributed by atoms with Crippen molar-refractivity contribution in [2.75, 3.05) is 12.4 Å². The lowest BCUT2D eigenvalue weighted by molar-refractivity contribution is 0.249. The summed E-state index contributed by atoms with van der Waals surface area (Å²) < 4.78 is 15.0. The number of benzene rings is 2. The molecule has 3 N–H and O–H groups in total. The molecule has 0 atom stereocenters. The third kappa shape index (κ3) is 2.75. The number of urea groups is 1. The fourth-order valence-electron chi connectivity index (χ4n) is 2.17. The first-order chi connectivity index (χ1) is 10.7. The van der Waals surface area contributed by atoms with Crippen LogP contribution in [0.1, 0.15) is 0 Å². The molecule has 0 fully saturated rings. The molecule has 7 heteroatoms. The number of amides is 2. The van der Waals surface area contributed by atoms with Crippen molar-refractivity contribution in [3.63, 3.8) is 0 Å². The molecule has 2 amide bonds. The van der Waals surface area contributed by atoms with Gasteiger partial charge in [-0.3, -0.25) is 9.99 Å². The van der Waals surface area contributed by atoms with Gasteiger partial charge in [0.25, 0.3) is 0 Å². The maximum atomic E-state index is 13.2. The zero-order chi connectivity index (χ0) is 15.5. The summed E-state index contributed by atoms with van der Waals surface area (Å²) in [4.78, 5) is 15.6. The summed E-state index contributed by atoms with van der Waals surface area (Å²) in [5, 5.41) is 2.67. The molecular formula is C15H14FN5O. The van der Waals surface area contributed by atoms with E-state index in [9.17, 15) is 9.18 Å². The van der Waals surface area contributed by atoms with Crippen molar-refractivity contribution in [3.8, 4) is 5.69 Å². The van der Waals surface area contributed by atoms with Crippen LogP contribution >= 0.6 is 0 Å². The highest BCUT2D eigenvalue weighted by molar-refractivity contribution is 5.89. The van der Waals surface area contributed by atoms with E-state index in [1.165, 1.54) is 12.1 Å². The molecule has 1 heterocycles. The summed E-state index contributed by atoms with van der Waals surface area (Å²) in [6, 6.07) is 11.4. The van der Waals surface area contributed by atoms with Gasteiger partial charge in [0.15, 0.2) is 0 Å². The minimum Gasteiger partial charge on any atom is -0.307 e. The Hall–Kier alpha value is -2.93. The second-order valence-electron chi connectivity index (χ2n) is 4.62. The topological polar surface area (TPSA) is 71.0 Å². The SMILES string of the molecule is CNNC(=O)Nc1ccc(-n2cnc3cc(F)ccc32)cc1. The molecule has 2 aromatic carbocycles. The molecule has 0 bridgehead atoms. The molecule has 0 radical (unpaired) electrons. The molecular weight excluding hydrogens is 285 g/mol. The molecule has 6 nitrogen and oxygen atoms in total. The Balaban J connectivity index is 1.87. The number of aromatic nitrogens is 2. The number of hydrogen-bond acceptors (Lipinski definition) is 3. The second-order valence-corrected chi connectivity index (χ2v) is 4.62. The van der Waals surface area contributed by atoms with E-state index in [2.05, 4.69) is 21.2 Å². The Labute approximate surface area is 125 Å². The monoisotopic (exact) mass is 299 g/mol. The van der Waals surface area contributed by atoms with Crippen LogP contribution < -0.4 is 16.2 Å². The lowest BCUT2D eigenvalue weighted by atomic mass is 10.2. The number of rotatable bonds is 3. The molecule has 3 aromatic rings. The first-order valence-corrected chi connectivity index (χ1v) is 6.64. The van der Waals surface area contributed by atoms with Crippen molar-refractivity contribution >= 4 is 22.8 Å². The predicted octanol–water partition coefficient (Wildman–Crippen LogP) is 2.42. The first-order valence-electron chi connectivity index (χ1n) is 6.64. The number of carbonyl (C=O) groups excluding carboxylic acids is 1. The van der Waals surface area contributed by atoms with Crippen molar-refractivity contribution < 1.29 is 9.18 Å². The van der Waals surface area contributed by atoms with Gasteiger partial charge in [-0.25, -0.2) is 19.6 Å². The summed E-state index contributed by atoms with van der Waals surface area (Å²) in [5.74, 6) is -0.312. The van der Waals surface area contributed by atoms with E-state index >= 15 is 0 Å². The average molecular weight is 299 g/mol. The number of imidazole rings is 1. The highest BCUT2D eigenvalue weighted by Gasteiger charge is 2.06. The van der Waals surface area contributed by atoms with E-state index < -0.39 is 0 Å². The number of hydrazine groups is 1. The van der Waals surface area contributed by atoms with Gasteiger partial charge in [0, 0.05) is 24.5 Å². The van der Waals surface area contributed by atoms with Gasteiger partial charge >= 0.3 is 6.03 Å². The molecule has 0 aliphatic rings. The zero-order valence-electron chi connectivity index (χ0n) is 11.8. The van der Waals surface area contributed by atoms with E-state index in [0.717, 1.165) is 11.2 Å². The number of fused-ring (bicyclic) bond motifs is 1. The van der Waals surface area contributed by atoms with Crippen LogP contribution in [0.4, 0.5) is 14.9 Å². The summed E-state index contributed by atoms with van der Waals surface area (Å²) in [7, 11) is 1.61. The second kappa shape index (κ2) is 5.82. The van der Waals surface area contributed by atoms with Gasteiger partial charge in [-0.1, -0.05) is 0 Å². The molecule has 0 aliphatic carbocycles. The van der Waals surface area contributed by atoms with Crippen LogP contribution in [-0.4, -0.2) is 22.6 Å². The van der Waals surface area contributed by atoms with Gasteiger partial charge in [-0.15, -0.1) is 0 Å². The van der Waals surface area contributed by atoms with Crippen LogP contribution in [-0.2, 0) is 0 Å². The van der Waals surface area contributed by atoms with Gasteiger partial charge in [-0.2, -0.15) is 0 Å². The third-order valence-corrected chi connectivity index (χ3v) is 3.15. The van der Waals surface area contributed by atoms with E-state index in [1.807, 2.05) is 16.7 Å². The molecule has 0 saturated heterocycles. The molecule has 22 heavy (non-hydrogen) atoms. The van der Waals surface area contributed by atoms with Crippen molar-refractivity contribution in [2.45, 2.75) is 0 Å². The predicted molar refractivity (Wildman–Crippen MR) is 82.2 cm³/mol. The van der Waals surface area contributed by atoms with Crippen molar-refractivity contribution in [3.05, 3.63) is 54.6 Å². The Morgan fingerprint density at radius 2 is 1.95 bits per heavy atom. The maximum absolute atomic E-state index is 13.2. The zero-order valence-corrected chi connectivity index (χ0v) is 11.8. The van der Waals surface area contributed by atoms with Crippen molar-refractivity contribution in [1.82, 2.24) is 20.4 Å². The number of halogens is 1. The summed E-state index contributed by atoms with van der Waals surface area (Å²) in [5.41, 5.74) is 7.89. The maximum Gasteiger partial charge on any atom is 0.333 e. The Kier molecular flexibility index (Phi) is 3.71. The molecule has 1 aromatic heterocycles. The van der Waals surface area contributed by atoms with Crippen molar-refractivity contribution in [1.29, 1.82) is 0 Å². The van der Waals surface area contributed by atoms with E-state index in [1.54, 1.807) is 31.6 Å². The average Bonchev–Trinajstić information content (AvgIpc) is 2.91. The van der Waals surface area contributed by atoms with Crippen LogP contribution in [0.5, 0.6) is 0 Å². The lowest BCUT2D eigenvalue weighted by Crippen LogP contribution is -2.37. The summed E-state index contributed by atoms with van der Waals surface area (Å²) in [6.07, 6.45) is 1.64. The Bertz CT molecular complexity index is 812. The van der Waals surface area contributed by atoms with Gasteiger partial charge in [0.05, 0.1) is 11.0 Å². The van der Waals surface area contributed by atoms with Crippen LogP contribution in [0, 0.1) is 5.82 Å². The van der Waals surface area contributed by atoms with Crippen LogP contribution in [0.3, 0.4) is 0 Å². The van der Waals surface area contributed by atoms with E-state index in [-0.39, 0.29) is 11.8 Å². The van der Waals surface area contributed by atoms with Gasteiger partial charge < -0.3 is 5.32 Å². The Morgan fingerprint density at radius 1 is 1.18 bits per heavy atom. The molecule has 0 spiro atoms. The number of hydrogen-bond donors (Lipinski definition) is 3. The van der Waals surface area contributed by atoms with Gasteiger partial charge in [0.1, 0.15) is 12.1 Å². The fourth-order valence-corrected chi connectivity index (χ4v) is 2.17. The van der Waals surface area contributed by atoms with E-state index in [0.29, 0.717) is 11.2 Å². The van der Waals surface area contributed by atoms with Crippen molar-refractivity contribution in [2.24, 2.45) is 0 Å². The summed E-state index contributed by atoms with van der Waals surface area (Å²) >= 11 is 0. The fraction of sp³-hybridized carbons (Fsp3) is 0.0667. The van der Waals surface area contributed by atoms with Crippen LogP contribution in [0.2, 0.25) is 0 Å². The normalized spacial score (nSPS) is 10.6. The smallest absolute Gasteiger partial charge is 0.307 e. The van der Waals surface area contributed by atoms with E-state index in [4.69, 9.17) is 0 Å². The number of carbonyl (C=O) groups is 1. The standard InChI is InChI=1S/C15H14FN5O/c1-17-20-15(22)19-11-3-5-12(6-4-11)21-9-18-13-8-10(16)2-7-14(13)21/h2-9,17H,1H3,(H2,19,20,22). The Morgan fingerprint density at radius 3 is 2.68 bits per heavy atom. The van der Waals surface area contributed by atoms with Gasteiger partial charge in [-0.05, 0) is 36.4 Å². The highest BCUT2D eigenvalue weighted by Crippen LogP contribution is 2.20. The number of nitrogens with zero attached hydrogens (tertiary/aromatic N) is 2. The third-order valence-electron chi connectivity index (χ3n) is 3.15. The van der Waals surface area contributed by atoms with Gasteiger partial charge in [0.2, 0.25) is 0 Å². The molecule has 0 aliphatic heterocycles. The first kappa shape index (κ1) is 14.0. The minimum atomic E-state index is -0.348.